The molecule has 2 aromatic heterocycles. The number of carboxylic acid groups (broad SMARTS) is 1. The van der Waals surface area contributed by atoms with Gasteiger partial charge in [0, 0.05) is 51.6 Å². The Hall–Kier alpha value is -3.53. The molecular formula is C26H31FN6O7S. The predicted octanol–water partition coefficient (Wildman–Crippen LogP) is 2.47. The van der Waals surface area contributed by atoms with Crippen LogP contribution in [0.4, 0.5) is 15.9 Å². The van der Waals surface area contributed by atoms with Crippen molar-refractivity contribution in [1.29, 1.82) is 0 Å². The number of thioether (sulfide) groups is 1. The molecule has 1 saturated heterocycles. The van der Waals surface area contributed by atoms with E-state index in [4.69, 9.17) is 4.74 Å². The Morgan fingerprint density at radius 1 is 1.32 bits per heavy atom. The highest BCUT2D eigenvalue weighted by Gasteiger charge is 2.33. The minimum Gasteiger partial charge on any atom is -0.477 e. The standard InChI is InChI=1S/C26H31FN6O7S/c1-15-28-12-22(33(38)39)31(15)13-17(34)14-40-9-3-4-29-5-7-30(8-6-29)21-11-20-18(10-19(21)27)24(35)23(26(36)37)25-32(20)16(2)41-25/h10-12,16-17,34H,3-9,13-14H2,1-2H3,(H,36,37). The fourth-order valence-corrected chi connectivity index (χ4v) is 6.53. The fraction of sp³-hybridized carbons (Fsp3) is 0.500. The fourth-order valence-electron chi connectivity index (χ4n) is 5.38. The summed E-state index contributed by atoms with van der Waals surface area (Å²) in [5.74, 6) is -1.59. The lowest BCUT2D eigenvalue weighted by Gasteiger charge is -2.37. The SMILES string of the molecule is Cc1ncc([N+](=O)[O-])n1CC(O)COCCCN1CCN(c2cc3c(cc2F)c(=O)c(C(=O)O)c2n3C(C)S2)CC1. The van der Waals surface area contributed by atoms with E-state index in [1.165, 1.54) is 22.5 Å². The van der Waals surface area contributed by atoms with Gasteiger partial charge >= 0.3 is 11.8 Å². The molecule has 2 atom stereocenters. The number of piperazine rings is 1. The van der Waals surface area contributed by atoms with E-state index in [9.17, 15) is 29.9 Å². The molecule has 0 radical (unpaired) electrons. The maximum absolute atomic E-state index is 15.2. The van der Waals surface area contributed by atoms with Crippen molar-refractivity contribution in [3.05, 3.63) is 55.9 Å². The van der Waals surface area contributed by atoms with Crippen LogP contribution in [-0.4, -0.2) is 92.2 Å². The van der Waals surface area contributed by atoms with Gasteiger partial charge in [0.15, 0.2) is 5.82 Å². The highest BCUT2D eigenvalue weighted by Crippen LogP contribution is 2.46. The molecule has 2 N–H and O–H groups in total. The number of aliphatic hydroxyl groups excluding tert-OH is 1. The number of carbonyl (C=O) groups is 1. The first kappa shape index (κ1) is 29.0. The summed E-state index contributed by atoms with van der Waals surface area (Å²) in [6, 6.07) is 2.82. The lowest BCUT2D eigenvalue weighted by Crippen LogP contribution is -2.47. The van der Waals surface area contributed by atoms with Crippen LogP contribution in [0.5, 0.6) is 0 Å². The largest absolute Gasteiger partial charge is 0.477 e. The maximum Gasteiger partial charge on any atom is 0.342 e. The van der Waals surface area contributed by atoms with Gasteiger partial charge in [-0.25, -0.2) is 18.7 Å². The zero-order valence-electron chi connectivity index (χ0n) is 22.7. The number of aromatic carboxylic acids is 1. The summed E-state index contributed by atoms with van der Waals surface area (Å²) < 4.78 is 23.9. The van der Waals surface area contributed by atoms with E-state index in [2.05, 4.69) is 9.88 Å². The number of fused-ring (bicyclic) bond motifs is 3. The molecule has 3 aromatic rings. The number of nitrogens with zero attached hydrogens (tertiary/aromatic N) is 6. The summed E-state index contributed by atoms with van der Waals surface area (Å²) in [7, 11) is 0. The summed E-state index contributed by atoms with van der Waals surface area (Å²) in [5, 5.41) is 31.3. The number of aliphatic hydroxyl groups is 1. The molecule has 2 aliphatic heterocycles. The van der Waals surface area contributed by atoms with Crippen molar-refractivity contribution in [3.8, 4) is 0 Å². The quantitative estimate of drug-likeness (QED) is 0.192. The number of benzene rings is 1. The molecule has 0 bridgehead atoms. The zero-order chi connectivity index (χ0) is 29.4. The third kappa shape index (κ3) is 5.66. The van der Waals surface area contributed by atoms with Crippen molar-refractivity contribution in [1.82, 2.24) is 19.0 Å². The minimum atomic E-state index is -1.31. The van der Waals surface area contributed by atoms with Gasteiger partial charge in [0.1, 0.15) is 30.2 Å². The molecule has 0 saturated carbocycles. The van der Waals surface area contributed by atoms with Gasteiger partial charge in [-0.1, -0.05) is 11.8 Å². The normalized spacial score (nSPS) is 17.9. The smallest absolute Gasteiger partial charge is 0.342 e. The molecule has 4 heterocycles. The zero-order valence-corrected chi connectivity index (χ0v) is 23.5. The first-order valence-corrected chi connectivity index (χ1v) is 14.2. The van der Waals surface area contributed by atoms with Crippen LogP contribution < -0.4 is 10.3 Å². The first-order valence-electron chi connectivity index (χ1n) is 13.3. The van der Waals surface area contributed by atoms with Crippen LogP contribution in [0.25, 0.3) is 10.9 Å². The van der Waals surface area contributed by atoms with E-state index < -0.39 is 28.2 Å². The Morgan fingerprint density at radius 3 is 2.71 bits per heavy atom. The summed E-state index contributed by atoms with van der Waals surface area (Å²) in [6.45, 7) is 7.34. The first-order chi connectivity index (χ1) is 19.6. The minimum absolute atomic E-state index is 0.0192. The number of rotatable bonds is 11. The molecule has 41 heavy (non-hydrogen) atoms. The van der Waals surface area contributed by atoms with Crippen molar-refractivity contribution in [2.45, 2.75) is 43.3 Å². The Kier molecular flexibility index (Phi) is 8.31. The van der Waals surface area contributed by atoms with Gasteiger partial charge in [-0.05, 0) is 30.4 Å². The average molecular weight is 591 g/mol. The van der Waals surface area contributed by atoms with E-state index in [1.54, 1.807) is 17.6 Å². The van der Waals surface area contributed by atoms with Crippen molar-refractivity contribution in [2.24, 2.45) is 0 Å². The Bertz CT molecular complexity index is 1550. The number of hydrogen-bond donors (Lipinski definition) is 2. The van der Waals surface area contributed by atoms with Gasteiger partial charge < -0.3 is 34.5 Å². The lowest BCUT2D eigenvalue weighted by atomic mass is 10.1. The molecule has 0 amide bonds. The molecule has 1 fully saturated rings. The summed E-state index contributed by atoms with van der Waals surface area (Å²) in [6.07, 6.45) is 0.976. The van der Waals surface area contributed by atoms with Crippen LogP contribution in [-0.2, 0) is 11.3 Å². The van der Waals surface area contributed by atoms with Crippen LogP contribution in [0.1, 0.15) is 34.9 Å². The van der Waals surface area contributed by atoms with Gasteiger partial charge in [0.25, 0.3) is 0 Å². The van der Waals surface area contributed by atoms with Gasteiger partial charge in [0.05, 0.1) is 28.2 Å². The van der Waals surface area contributed by atoms with Gasteiger partial charge in [0.2, 0.25) is 5.43 Å². The van der Waals surface area contributed by atoms with Gasteiger partial charge in [-0.3, -0.25) is 9.69 Å². The highest BCUT2D eigenvalue weighted by molar-refractivity contribution is 8.00. The number of anilines is 1. The van der Waals surface area contributed by atoms with Crippen LogP contribution in [0, 0.1) is 22.9 Å². The maximum atomic E-state index is 15.2. The Balaban J connectivity index is 1.12. The highest BCUT2D eigenvalue weighted by atomic mass is 32.2. The number of aromatic nitrogens is 3. The molecule has 2 unspecified atom stereocenters. The summed E-state index contributed by atoms with van der Waals surface area (Å²) in [5.41, 5.74) is -0.0419. The molecule has 5 rings (SSSR count). The molecule has 0 spiro atoms. The molecule has 1 aromatic carbocycles. The van der Waals surface area contributed by atoms with Crippen molar-refractivity contribution in [2.75, 3.05) is 50.8 Å². The van der Waals surface area contributed by atoms with E-state index in [-0.39, 0.29) is 35.3 Å². The second-order valence-corrected chi connectivity index (χ2v) is 11.5. The number of halogens is 1. The number of nitro groups is 1. The Morgan fingerprint density at radius 2 is 2.05 bits per heavy atom. The Labute approximate surface area is 238 Å². The number of carboxylic acids is 1. The van der Waals surface area contributed by atoms with Gasteiger partial charge in [-0.15, -0.1) is 0 Å². The topological polar surface area (TPSA) is 156 Å². The third-order valence-corrected chi connectivity index (χ3v) is 8.67. The monoisotopic (exact) mass is 590 g/mol. The lowest BCUT2D eigenvalue weighted by molar-refractivity contribution is -0.392. The van der Waals surface area contributed by atoms with E-state index in [0.717, 1.165) is 19.0 Å². The predicted molar refractivity (Wildman–Crippen MR) is 149 cm³/mol. The van der Waals surface area contributed by atoms with Crippen LogP contribution in [0.2, 0.25) is 0 Å². The van der Waals surface area contributed by atoms with Crippen LogP contribution >= 0.6 is 11.8 Å². The summed E-state index contributed by atoms with van der Waals surface area (Å²) >= 11 is 1.31. The van der Waals surface area contributed by atoms with E-state index >= 15 is 4.39 Å². The molecule has 13 nitrogen and oxygen atoms in total. The molecule has 220 valence electrons. The van der Waals surface area contributed by atoms with Crippen molar-refractivity contribution < 1.29 is 29.1 Å². The number of hydrogen-bond acceptors (Lipinski definition) is 10. The summed E-state index contributed by atoms with van der Waals surface area (Å²) in [4.78, 5) is 43.2. The van der Waals surface area contributed by atoms with E-state index in [0.29, 0.717) is 54.8 Å². The molecular weight excluding hydrogens is 559 g/mol. The number of pyridine rings is 1. The average Bonchev–Trinajstić information content (AvgIpc) is 3.28. The second-order valence-electron chi connectivity index (χ2n) is 10.2. The van der Waals surface area contributed by atoms with E-state index in [1.807, 2.05) is 11.8 Å². The van der Waals surface area contributed by atoms with Crippen LogP contribution in [0.3, 0.4) is 0 Å². The number of ether oxygens (including phenoxy) is 1. The molecule has 15 heteroatoms. The number of imidazole rings is 1. The number of aryl methyl sites for hydroxylation is 1. The van der Waals surface area contributed by atoms with Crippen molar-refractivity contribution in [3.63, 3.8) is 0 Å². The second kappa shape index (κ2) is 11.8. The van der Waals surface area contributed by atoms with Gasteiger partial charge in [-0.2, -0.15) is 0 Å². The van der Waals surface area contributed by atoms with Crippen molar-refractivity contribution >= 4 is 40.1 Å². The third-order valence-electron chi connectivity index (χ3n) is 7.49. The molecule has 0 aliphatic carbocycles. The van der Waals surface area contributed by atoms with Crippen LogP contribution in [0.15, 0.2) is 28.2 Å². The molecule has 2 aliphatic rings.